The van der Waals surface area contributed by atoms with Crippen molar-refractivity contribution in [1.29, 1.82) is 0 Å². The molecule has 226 valence electrons. The van der Waals surface area contributed by atoms with Gasteiger partial charge in [0.1, 0.15) is 11.6 Å². The zero-order valence-electron chi connectivity index (χ0n) is 23.3. The van der Waals surface area contributed by atoms with E-state index in [0.29, 0.717) is 6.54 Å². The van der Waals surface area contributed by atoms with E-state index in [1.54, 1.807) is 0 Å². The Morgan fingerprint density at radius 3 is 2.52 bits per heavy atom. The van der Waals surface area contributed by atoms with Crippen LogP contribution >= 0.6 is 0 Å². The number of alkyl halides is 3. The summed E-state index contributed by atoms with van der Waals surface area (Å²) in [6.45, 7) is 6.36. The first kappa shape index (κ1) is 29.8. The largest absolute Gasteiger partial charge is 0.478 e. The maximum absolute atomic E-state index is 13.7. The highest BCUT2D eigenvalue weighted by Crippen LogP contribution is 2.59. The number of nitrogens with zero attached hydrogens (tertiary/aromatic N) is 4. The smallest absolute Gasteiger partial charge is 0.394 e. The summed E-state index contributed by atoms with van der Waals surface area (Å²) in [5.41, 5.74) is -2.18. The first-order valence-corrected chi connectivity index (χ1v) is 15.0. The molecule has 3 aromatic rings. The molecule has 1 N–H and O–H groups in total. The molecule has 3 heterocycles. The van der Waals surface area contributed by atoms with E-state index in [2.05, 4.69) is 10.1 Å². The number of hydrogen-bond acceptors (Lipinski definition) is 7. The third-order valence-corrected chi connectivity index (χ3v) is 9.21. The molecule has 2 aromatic heterocycles. The van der Waals surface area contributed by atoms with E-state index >= 15 is 0 Å². The Kier molecular flexibility index (Phi) is 7.48. The summed E-state index contributed by atoms with van der Waals surface area (Å²) < 4.78 is 88.5. The molecule has 42 heavy (non-hydrogen) atoms. The van der Waals surface area contributed by atoms with E-state index in [1.165, 1.54) is 41.2 Å². The molecule has 5 rings (SSSR count). The van der Waals surface area contributed by atoms with E-state index in [-0.39, 0.29) is 54.9 Å². The highest BCUT2D eigenvalue weighted by Gasteiger charge is 2.62. The molecule has 1 saturated heterocycles. The van der Waals surface area contributed by atoms with Crippen molar-refractivity contribution < 1.29 is 35.5 Å². The Bertz CT molecular complexity index is 1600. The number of amides is 1. The number of halogens is 4. The molecule has 0 unspecified atom stereocenters. The van der Waals surface area contributed by atoms with Crippen molar-refractivity contribution in [3.63, 3.8) is 0 Å². The average Bonchev–Trinajstić information content (AvgIpc) is 3.47. The maximum Gasteiger partial charge on any atom is 0.394 e. The van der Waals surface area contributed by atoms with Gasteiger partial charge in [-0.25, -0.2) is 22.5 Å². The van der Waals surface area contributed by atoms with Gasteiger partial charge in [0.2, 0.25) is 5.88 Å². The fraction of sp³-hybridized carbons (Fsp3) is 0.464. The number of carbonyl (C=O) groups is 1. The molecule has 1 saturated carbocycles. The molecule has 0 radical (unpaired) electrons. The first-order valence-electron chi connectivity index (χ1n) is 13.5. The number of nitrogens with one attached hydrogen (secondary N) is 1. The number of rotatable bonds is 9. The summed E-state index contributed by atoms with van der Waals surface area (Å²) in [5, 5.41) is 4.22. The van der Waals surface area contributed by atoms with Crippen LogP contribution in [0.2, 0.25) is 0 Å². The average molecular weight is 610 g/mol. The third kappa shape index (κ3) is 5.81. The van der Waals surface area contributed by atoms with Crippen LogP contribution in [0, 0.1) is 17.2 Å². The molecule has 2 fully saturated rings. The molecular weight excluding hydrogens is 578 g/mol. The number of sulfonamides is 1. The van der Waals surface area contributed by atoms with Crippen molar-refractivity contribution >= 4 is 21.7 Å². The highest BCUT2D eigenvalue weighted by molar-refractivity contribution is 7.90. The van der Waals surface area contributed by atoms with Crippen molar-refractivity contribution in [2.75, 3.05) is 18.1 Å². The van der Waals surface area contributed by atoms with Crippen LogP contribution in [-0.4, -0.2) is 54.0 Å². The maximum atomic E-state index is 13.7. The van der Waals surface area contributed by atoms with Gasteiger partial charge in [-0.2, -0.15) is 23.0 Å². The number of benzene rings is 1. The van der Waals surface area contributed by atoms with Gasteiger partial charge in [-0.3, -0.25) is 4.79 Å². The minimum atomic E-state index is -4.40. The Hall–Kier alpha value is -3.68. The van der Waals surface area contributed by atoms with Crippen LogP contribution in [0.4, 0.5) is 23.4 Å². The van der Waals surface area contributed by atoms with Crippen molar-refractivity contribution in [3.05, 3.63) is 60.0 Å². The van der Waals surface area contributed by atoms with Crippen LogP contribution < -0.4 is 14.4 Å². The summed E-state index contributed by atoms with van der Waals surface area (Å²) in [5.74, 6) is -0.892. The lowest BCUT2D eigenvalue weighted by Gasteiger charge is -2.34. The molecule has 0 bridgehead atoms. The van der Waals surface area contributed by atoms with Crippen molar-refractivity contribution in [3.8, 4) is 11.7 Å². The van der Waals surface area contributed by atoms with Crippen LogP contribution in [-0.2, 0) is 10.0 Å². The van der Waals surface area contributed by atoms with E-state index in [1.807, 2.05) is 30.4 Å². The number of anilines is 1. The van der Waals surface area contributed by atoms with Gasteiger partial charge in [0.15, 0.2) is 5.82 Å². The molecule has 1 aliphatic carbocycles. The molecule has 0 spiro atoms. The van der Waals surface area contributed by atoms with Crippen molar-refractivity contribution in [2.45, 2.75) is 63.1 Å². The van der Waals surface area contributed by atoms with E-state index in [4.69, 9.17) is 4.74 Å². The molecule has 2 aliphatic rings. The van der Waals surface area contributed by atoms with Gasteiger partial charge in [0.05, 0.1) is 28.7 Å². The van der Waals surface area contributed by atoms with Crippen molar-refractivity contribution in [1.82, 2.24) is 19.5 Å². The van der Waals surface area contributed by atoms with Gasteiger partial charge >= 0.3 is 6.18 Å². The van der Waals surface area contributed by atoms with Gasteiger partial charge < -0.3 is 9.64 Å². The topological polar surface area (TPSA) is 106 Å². The van der Waals surface area contributed by atoms with E-state index < -0.39 is 43.8 Å². The van der Waals surface area contributed by atoms with E-state index in [0.717, 1.165) is 18.6 Å². The van der Waals surface area contributed by atoms with E-state index in [9.17, 15) is 30.8 Å². The predicted octanol–water partition coefficient (Wildman–Crippen LogP) is 5.26. The van der Waals surface area contributed by atoms with Crippen LogP contribution in [0.3, 0.4) is 0 Å². The Morgan fingerprint density at radius 1 is 1.17 bits per heavy atom. The monoisotopic (exact) mass is 609 g/mol. The fourth-order valence-corrected chi connectivity index (χ4v) is 6.52. The van der Waals surface area contributed by atoms with Crippen LogP contribution in [0.5, 0.6) is 5.88 Å². The zero-order valence-corrected chi connectivity index (χ0v) is 24.1. The summed E-state index contributed by atoms with van der Waals surface area (Å²) in [6, 6.07) is 8.64. The molecule has 1 aliphatic heterocycles. The fourth-order valence-electron chi connectivity index (χ4n) is 5.52. The Balaban J connectivity index is 1.45. The zero-order chi connectivity index (χ0) is 30.5. The minimum absolute atomic E-state index is 0.0311. The number of ether oxygens (including phenoxy) is 1. The Labute approximate surface area is 240 Å². The summed E-state index contributed by atoms with van der Waals surface area (Å²) in [6.07, 6.45) is -2.12. The lowest BCUT2D eigenvalue weighted by molar-refractivity contribution is -0.190. The number of aromatic nitrogens is 3. The third-order valence-electron chi connectivity index (χ3n) is 7.88. The minimum Gasteiger partial charge on any atom is -0.478 e. The van der Waals surface area contributed by atoms with Gasteiger partial charge in [-0.1, -0.05) is 13.0 Å². The van der Waals surface area contributed by atoms with Crippen molar-refractivity contribution in [2.24, 2.45) is 11.3 Å². The standard InChI is InChI=1S/C28H31F4N5O4S/c1-18-16-26(2,3)36(17-18)24-21(25(38)35-42(39,40)20-6-4-5-19(29)15-20)7-8-22(34-24)37-23(9-13-33-37)41-14-12-27(10-11-27)28(30,31)32/h4-9,13,15,18H,10-12,14,16-17H2,1-3H3,(H,35,38)/t18-/m0/s1. The number of pyridine rings is 1. The SMILES string of the molecule is C[C@@H]1CN(c2nc(-n3nccc3OCCC3(C(F)(F)F)CC3)ccc2C(=O)NS(=O)(=O)c2cccc(F)c2)C(C)(C)C1. The second-order valence-electron chi connectivity index (χ2n) is 11.6. The molecular formula is C28H31F4N5O4S. The van der Waals surface area contributed by atoms with Crippen LogP contribution in [0.25, 0.3) is 5.82 Å². The second-order valence-corrected chi connectivity index (χ2v) is 13.3. The Morgan fingerprint density at radius 2 is 1.90 bits per heavy atom. The molecule has 1 amide bonds. The lowest BCUT2D eigenvalue weighted by atomic mass is 9.97. The summed E-state index contributed by atoms with van der Waals surface area (Å²) in [7, 11) is -4.40. The number of carbonyl (C=O) groups excluding carboxylic acids is 1. The first-order chi connectivity index (χ1) is 19.6. The van der Waals surface area contributed by atoms with Gasteiger partial charge in [-0.15, -0.1) is 0 Å². The molecule has 9 nitrogen and oxygen atoms in total. The van der Waals surface area contributed by atoms with Gasteiger partial charge in [0.25, 0.3) is 15.9 Å². The highest BCUT2D eigenvalue weighted by atomic mass is 32.2. The molecule has 14 heteroatoms. The quantitative estimate of drug-likeness (QED) is 0.330. The predicted molar refractivity (Wildman–Crippen MR) is 145 cm³/mol. The molecule has 1 aromatic carbocycles. The number of hydrogen-bond donors (Lipinski definition) is 1. The normalized spacial score (nSPS) is 19.5. The van der Waals surface area contributed by atoms with Gasteiger partial charge in [0, 0.05) is 18.2 Å². The molecule has 1 atom stereocenters. The van der Waals surface area contributed by atoms with Crippen LogP contribution in [0.1, 0.15) is 56.8 Å². The van der Waals surface area contributed by atoms with Crippen LogP contribution in [0.15, 0.2) is 53.6 Å². The second kappa shape index (κ2) is 10.5. The summed E-state index contributed by atoms with van der Waals surface area (Å²) >= 11 is 0. The summed E-state index contributed by atoms with van der Waals surface area (Å²) in [4.78, 5) is 19.6. The van der Waals surface area contributed by atoms with Gasteiger partial charge in [-0.05, 0) is 75.8 Å². The lowest BCUT2D eigenvalue weighted by Crippen LogP contribution is -2.41.